The Bertz CT molecular complexity index is 694. The summed E-state index contributed by atoms with van der Waals surface area (Å²) >= 11 is 0. The number of methoxy groups -OCH3 is 1. The van der Waals surface area contributed by atoms with Crippen LogP contribution in [-0.2, 0) is 16.4 Å². The largest absolute Gasteiger partial charge is 0.493 e. The zero-order chi connectivity index (χ0) is 20.0. The number of ether oxygens (including phenoxy) is 2. The fraction of sp³-hybridized carbons (Fsp3) is 0.684. The average Bonchev–Trinajstić information content (AvgIpc) is 2.62. The Kier molecular flexibility index (Phi) is 7.91. The van der Waals surface area contributed by atoms with Gasteiger partial charge in [-0.05, 0) is 38.6 Å². The van der Waals surface area contributed by atoms with Crippen LogP contribution in [0.3, 0.4) is 0 Å². The van der Waals surface area contributed by atoms with E-state index in [1.807, 2.05) is 25.2 Å². The van der Waals surface area contributed by atoms with Crippen LogP contribution in [0.1, 0.15) is 19.4 Å². The minimum absolute atomic E-state index is 0.191. The first-order chi connectivity index (χ1) is 12.7. The van der Waals surface area contributed by atoms with Crippen molar-refractivity contribution in [2.75, 3.05) is 51.9 Å². The van der Waals surface area contributed by atoms with Gasteiger partial charge in [-0.15, -0.1) is 0 Å². The van der Waals surface area contributed by atoms with Gasteiger partial charge in [-0.3, -0.25) is 4.90 Å². The standard InChI is InChI=1S/C19H32N2O5S/c1-15(2)20(3)13-17(22)14-26-18-6-5-16(11-19(18)25-4)12-21-7-9-27(23,24)10-8-21/h5-6,11,15,17,22H,7-10,12-14H2,1-4H3/t17-/m0/s1. The quantitative estimate of drug-likeness (QED) is 0.663. The number of sulfone groups is 1. The molecule has 154 valence electrons. The second kappa shape index (κ2) is 9.73. The number of rotatable bonds is 9. The molecular formula is C19H32N2O5S. The van der Waals surface area contributed by atoms with Crippen LogP contribution in [0, 0.1) is 0 Å². The first kappa shape index (κ1) is 21.9. The molecule has 2 rings (SSSR count). The van der Waals surface area contributed by atoms with E-state index in [4.69, 9.17) is 9.47 Å². The summed E-state index contributed by atoms with van der Waals surface area (Å²) in [6.07, 6.45) is -0.586. The Morgan fingerprint density at radius 2 is 1.89 bits per heavy atom. The van der Waals surface area contributed by atoms with Crippen molar-refractivity contribution in [1.29, 1.82) is 0 Å². The highest BCUT2D eigenvalue weighted by molar-refractivity contribution is 7.91. The van der Waals surface area contributed by atoms with Crippen molar-refractivity contribution in [1.82, 2.24) is 9.80 Å². The topological polar surface area (TPSA) is 79.3 Å². The highest BCUT2D eigenvalue weighted by Crippen LogP contribution is 2.29. The second-order valence-electron chi connectivity index (χ2n) is 7.41. The summed E-state index contributed by atoms with van der Waals surface area (Å²) in [4.78, 5) is 4.19. The molecule has 1 saturated heterocycles. The Hall–Kier alpha value is -1.35. The Labute approximate surface area is 162 Å². The van der Waals surface area contributed by atoms with Crippen molar-refractivity contribution in [3.63, 3.8) is 0 Å². The lowest BCUT2D eigenvalue weighted by Crippen LogP contribution is -2.39. The van der Waals surface area contributed by atoms with Gasteiger partial charge in [0.2, 0.25) is 0 Å². The van der Waals surface area contributed by atoms with Gasteiger partial charge in [0.25, 0.3) is 0 Å². The minimum atomic E-state index is -2.87. The van der Waals surface area contributed by atoms with Gasteiger partial charge in [0.15, 0.2) is 21.3 Å². The van der Waals surface area contributed by atoms with Gasteiger partial charge in [0, 0.05) is 32.2 Å². The predicted octanol–water partition coefficient (Wildman–Crippen LogP) is 1.01. The maximum absolute atomic E-state index is 11.5. The summed E-state index contributed by atoms with van der Waals surface area (Å²) in [5, 5.41) is 10.1. The molecule has 1 aromatic carbocycles. The summed E-state index contributed by atoms with van der Waals surface area (Å²) in [5.74, 6) is 1.64. The lowest BCUT2D eigenvalue weighted by Gasteiger charge is -2.27. The first-order valence-electron chi connectivity index (χ1n) is 9.31. The number of hydrogen-bond donors (Lipinski definition) is 1. The molecule has 0 bridgehead atoms. The zero-order valence-corrected chi connectivity index (χ0v) is 17.5. The fourth-order valence-electron chi connectivity index (χ4n) is 2.88. The molecule has 1 fully saturated rings. The fourth-order valence-corrected chi connectivity index (χ4v) is 4.15. The molecule has 0 aliphatic carbocycles. The molecule has 1 N–H and O–H groups in total. The summed E-state index contributed by atoms with van der Waals surface area (Å²) in [6.45, 7) is 6.66. The van der Waals surface area contributed by atoms with Crippen molar-refractivity contribution in [3.05, 3.63) is 23.8 Å². The Balaban J connectivity index is 1.91. The summed E-state index contributed by atoms with van der Waals surface area (Å²) < 4.78 is 34.3. The molecular weight excluding hydrogens is 368 g/mol. The average molecular weight is 401 g/mol. The number of aliphatic hydroxyl groups excluding tert-OH is 1. The van der Waals surface area contributed by atoms with Crippen molar-refractivity contribution < 1.29 is 23.0 Å². The van der Waals surface area contributed by atoms with Gasteiger partial charge >= 0.3 is 0 Å². The molecule has 0 spiro atoms. The third-order valence-electron chi connectivity index (χ3n) is 4.88. The van der Waals surface area contributed by atoms with Crippen LogP contribution in [0.25, 0.3) is 0 Å². The number of likely N-dealkylation sites (N-methyl/N-ethyl adjacent to an activating group) is 1. The molecule has 7 nitrogen and oxygen atoms in total. The molecule has 1 aliphatic heterocycles. The normalized spacial score (nSPS) is 18.6. The maximum Gasteiger partial charge on any atom is 0.161 e. The number of hydrogen-bond acceptors (Lipinski definition) is 7. The minimum Gasteiger partial charge on any atom is -0.493 e. The van der Waals surface area contributed by atoms with Crippen LogP contribution >= 0.6 is 0 Å². The van der Waals surface area contributed by atoms with Gasteiger partial charge in [-0.1, -0.05) is 6.07 Å². The van der Waals surface area contributed by atoms with E-state index in [1.165, 1.54) is 0 Å². The predicted molar refractivity (Wildman–Crippen MR) is 106 cm³/mol. The van der Waals surface area contributed by atoms with E-state index >= 15 is 0 Å². The monoisotopic (exact) mass is 400 g/mol. The van der Waals surface area contributed by atoms with Crippen LogP contribution < -0.4 is 9.47 Å². The second-order valence-corrected chi connectivity index (χ2v) is 9.71. The first-order valence-corrected chi connectivity index (χ1v) is 11.1. The smallest absolute Gasteiger partial charge is 0.161 e. The van der Waals surface area contributed by atoms with E-state index < -0.39 is 15.9 Å². The summed E-state index contributed by atoms with van der Waals surface area (Å²) in [7, 11) is 0.682. The third kappa shape index (κ3) is 6.95. The third-order valence-corrected chi connectivity index (χ3v) is 6.49. The Morgan fingerprint density at radius 1 is 1.22 bits per heavy atom. The van der Waals surface area contributed by atoms with E-state index in [2.05, 4.69) is 23.6 Å². The molecule has 0 aromatic heterocycles. The molecule has 27 heavy (non-hydrogen) atoms. The lowest BCUT2D eigenvalue weighted by atomic mass is 10.2. The highest BCUT2D eigenvalue weighted by atomic mass is 32.2. The van der Waals surface area contributed by atoms with Crippen molar-refractivity contribution in [3.8, 4) is 11.5 Å². The van der Waals surface area contributed by atoms with Crippen molar-refractivity contribution in [2.45, 2.75) is 32.5 Å². The number of nitrogens with zero attached hydrogens (tertiary/aromatic N) is 2. The lowest BCUT2D eigenvalue weighted by molar-refractivity contribution is 0.0668. The van der Waals surface area contributed by atoms with Crippen LogP contribution in [-0.4, -0.2) is 87.4 Å². The zero-order valence-electron chi connectivity index (χ0n) is 16.7. The van der Waals surface area contributed by atoms with Crippen LogP contribution in [0.4, 0.5) is 0 Å². The molecule has 1 heterocycles. The van der Waals surface area contributed by atoms with Gasteiger partial charge < -0.3 is 19.5 Å². The molecule has 1 atom stereocenters. The Morgan fingerprint density at radius 3 is 2.48 bits per heavy atom. The van der Waals surface area contributed by atoms with E-state index in [1.54, 1.807) is 7.11 Å². The summed E-state index contributed by atoms with van der Waals surface area (Å²) in [6, 6.07) is 6.06. The molecule has 1 aromatic rings. The van der Waals surface area contributed by atoms with Gasteiger partial charge in [-0.25, -0.2) is 8.42 Å². The molecule has 0 unspecified atom stereocenters. The molecule has 0 saturated carbocycles. The van der Waals surface area contributed by atoms with Gasteiger partial charge in [0.05, 0.1) is 18.6 Å². The molecule has 0 radical (unpaired) electrons. The van der Waals surface area contributed by atoms with Gasteiger partial charge in [0.1, 0.15) is 12.7 Å². The number of aliphatic hydroxyl groups is 1. The van der Waals surface area contributed by atoms with Crippen molar-refractivity contribution in [2.24, 2.45) is 0 Å². The summed E-state index contributed by atoms with van der Waals surface area (Å²) in [5.41, 5.74) is 1.04. The molecule has 8 heteroatoms. The SMILES string of the molecule is COc1cc(CN2CCS(=O)(=O)CC2)ccc1OC[C@@H](O)CN(C)C(C)C. The van der Waals surface area contributed by atoms with E-state index in [0.29, 0.717) is 43.7 Å². The number of benzene rings is 1. The van der Waals surface area contributed by atoms with Crippen molar-refractivity contribution >= 4 is 9.84 Å². The van der Waals surface area contributed by atoms with Crippen LogP contribution in [0.5, 0.6) is 11.5 Å². The van der Waals surface area contributed by atoms with Gasteiger partial charge in [-0.2, -0.15) is 0 Å². The molecule has 0 amide bonds. The highest BCUT2D eigenvalue weighted by Gasteiger charge is 2.22. The van der Waals surface area contributed by atoms with E-state index in [-0.39, 0.29) is 18.1 Å². The van der Waals surface area contributed by atoms with Crippen LogP contribution in [0.2, 0.25) is 0 Å². The maximum atomic E-state index is 11.5. The molecule has 1 aliphatic rings. The van der Waals surface area contributed by atoms with E-state index in [0.717, 1.165) is 5.56 Å². The van der Waals surface area contributed by atoms with Crippen LogP contribution in [0.15, 0.2) is 18.2 Å². The van der Waals surface area contributed by atoms with E-state index in [9.17, 15) is 13.5 Å².